The van der Waals surface area contributed by atoms with Gasteiger partial charge in [0, 0.05) is 12.1 Å². The number of hydrogen-bond acceptors (Lipinski definition) is 14. The summed E-state index contributed by atoms with van der Waals surface area (Å²) >= 11 is 0. The number of methoxy groups -OCH3 is 1. The fraction of sp³-hybridized carbons (Fsp3) is 0.536. The van der Waals surface area contributed by atoms with Crippen LogP contribution < -0.4 is 14.2 Å². The Morgan fingerprint density at radius 2 is 1.50 bits per heavy atom. The van der Waals surface area contributed by atoms with Crippen molar-refractivity contribution in [2.45, 2.75) is 80.9 Å². The van der Waals surface area contributed by atoms with Crippen LogP contribution in [0.5, 0.6) is 23.0 Å². The average Bonchev–Trinajstić information content (AvgIpc) is 2.97. The summed E-state index contributed by atoms with van der Waals surface area (Å²) in [6, 6.07) is 9.22. The van der Waals surface area contributed by atoms with Gasteiger partial charge in [0.2, 0.25) is 6.29 Å². The smallest absolute Gasteiger partial charge is 0.229 e. The summed E-state index contributed by atoms with van der Waals surface area (Å²) in [4.78, 5) is 12.7. The highest BCUT2D eigenvalue weighted by Gasteiger charge is 2.47. The maximum absolute atomic E-state index is 12.7. The molecule has 3 aliphatic rings. The molecule has 3 aliphatic heterocycles. The molecule has 0 aromatic heterocycles. The molecule has 0 aliphatic carbocycles. The number of hydrogen-bond donors (Lipinski definition) is 7. The summed E-state index contributed by atoms with van der Waals surface area (Å²) in [6.45, 7) is 1.06. The topological polar surface area (TPSA) is 214 Å². The van der Waals surface area contributed by atoms with Gasteiger partial charge >= 0.3 is 0 Å². The molecule has 0 spiro atoms. The van der Waals surface area contributed by atoms with Crippen LogP contribution in [0.25, 0.3) is 0 Å². The first-order valence-corrected chi connectivity index (χ1v) is 13.4. The van der Waals surface area contributed by atoms with Gasteiger partial charge < -0.3 is 64.2 Å². The van der Waals surface area contributed by atoms with Gasteiger partial charge in [0.15, 0.2) is 12.1 Å². The van der Waals surface area contributed by atoms with E-state index in [2.05, 4.69) is 0 Å². The minimum Gasteiger partial charge on any atom is -0.507 e. The van der Waals surface area contributed by atoms with E-state index in [1.807, 2.05) is 0 Å². The van der Waals surface area contributed by atoms with Crippen LogP contribution in [-0.4, -0.2) is 117 Å². The molecular formula is C28H34O14. The second kappa shape index (κ2) is 12.3. The third-order valence-electron chi connectivity index (χ3n) is 7.62. The molecule has 230 valence electrons. The molecule has 2 aromatic carbocycles. The zero-order valence-electron chi connectivity index (χ0n) is 22.7. The number of phenols is 1. The molecule has 7 N–H and O–H groups in total. The van der Waals surface area contributed by atoms with Crippen molar-refractivity contribution in [2.24, 2.45) is 0 Å². The first kappa shape index (κ1) is 30.4. The van der Waals surface area contributed by atoms with Gasteiger partial charge in [-0.25, -0.2) is 0 Å². The van der Waals surface area contributed by atoms with Crippen molar-refractivity contribution < 1.29 is 69.0 Å². The van der Waals surface area contributed by atoms with E-state index < -0.39 is 74.1 Å². The molecule has 5 rings (SSSR count). The van der Waals surface area contributed by atoms with Gasteiger partial charge in [-0.1, -0.05) is 12.1 Å². The summed E-state index contributed by atoms with van der Waals surface area (Å²) in [7, 11) is 1.43. The maximum Gasteiger partial charge on any atom is 0.229 e. The molecule has 0 radical (unpaired) electrons. The van der Waals surface area contributed by atoms with E-state index in [9.17, 15) is 40.5 Å². The third kappa shape index (κ3) is 5.90. The van der Waals surface area contributed by atoms with E-state index in [0.29, 0.717) is 11.3 Å². The molecule has 14 nitrogen and oxygen atoms in total. The monoisotopic (exact) mass is 594 g/mol. The van der Waals surface area contributed by atoms with Gasteiger partial charge in [-0.05, 0) is 24.6 Å². The Morgan fingerprint density at radius 1 is 0.833 bits per heavy atom. The van der Waals surface area contributed by atoms with Crippen LogP contribution in [-0.2, 0) is 14.2 Å². The lowest BCUT2D eigenvalue weighted by Gasteiger charge is -2.42. The fourth-order valence-corrected chi connectivity index (χ4v) is 5.11. The first-order valence-electron chi connectivity index (χ1n) is 13.4. The minimum absolute atomic E-state index is 0.0164. The number of benzene rings is 2. The summed E-state index contributed by atoms with van der Waals surface area (Å²) < 4.78 is 33.3. The number of Topliss-reactive ketones (excluding diaryl/α,β-unsaturated/α-hetero) is 1. The molecule has 2 fully saturated rings. The Labute approximate surface area is 240 Å². The lowest BCUT2D eigenvalue weighted by molar-refractivity contribution is -0.318. The van der Waals surface area contributed by atoms with Crippen molar-refractivity contribution >= 4 is 5.78 Å². The van der Waals surface area contributed by atoms with Crippen molar-refractivity contribution in [3.05, 3.63) is 47.5 Å². The van der Waals surface area contributed by atoms with Crippen LogP contribution in [0, 0.1) is 0 Å². The van der Waals surface area contributed by atoms with Crippen LogP contribution >= 0.6 is 0 Å². The number of aliphatic hydroxyl groups is 6. The second-order valence-electron chi connectivity index (χ2n) is 10.5. The molecule has 0 saturated carbocycles. The molecule has 0 bridgehead atoms. The van der Waals surface area contributed by atoms with Crippen LogP contribution in [0.2, 0.25) is 0 Å². The van der Waals surface area contributed by atoms with Crippen LogP contribution in [0.1, 0.15) is 35.4 Å². The van der Waals surface area contributed by atoms with Gasteiger partial charge in [0.25, 0.3) is 0 Å². The number of rotatable bonds is 7. The van der Waals surface area contributed by atoms with Crippen molar-refractivity contribution in [1.29, 1.82) is 0 Å². The second-order valence-corrected chi connectivity index (χ2v) is 10.5. The average molecular weight is 595 g/mol. The molecule has 2 aromatic rings. The molecule has 0 amide bonds. The Morgan fingerprint density at radius 3 is 2.19 bits per heavy atom. The predicted molar refractivity (Wildman–Crippen MR) is 139 cm³/mol. The Kier molecular flexibility index (Phi) is 8.89. The zero-order valence-corrected chi connectivity index (χ0v) is 22.7. The van der Waals surface area contributed by atoms with Crippen molar-refractivity contribution in [2.75, 3.05) is 13.7 Å². The van der Waals surface area contributed by atoms with E-state index in [1.54, 1.807) is 24.3 Å². The summed E-state index contributed by atoms with van der Waals surface area (Å²) in [5, 5.41) is 71.5. The van der Waals surface area contributed by atoms with Gasteiger partial charge in [-0.15, -0.1) is 0 Å². The molecule has 14 heteroatoms. The molecule has 42 heavy (non-hydrogen) atoms. The number of carbonyl (C=O) groups excluding carboxylic acids is 1. The highest BCUT2D eigenvalue weighted by Crippen LogP contribution is 2.42. The fourth-order valence-electron chi connectivity index (χ4n) is 5.11. The molecule has 3 heterocycles. The van der Waals surface area contributed by atoms with Crippen molar-refractivity contribution in [3.63, 3.8) is 0 Å². The number of carbonyl (C=O) groups is 1. The van der Waals surface area contributed by atoms with Crippen molar-refractivity contribution in [1.82, 2.24) is 0 Å². The van der Waals surface area contributed by atoms with Gasteiger partial charge in [0.1, 0.15) is 77.4 Å². The van der Waals surface area contributed by atoms with Crippen molar-refractivity contribution in [3.8, 4) is 23.0 Å². The van der Waals surface area contributed by atoms with Crippen LogP contribution in [0.3, 0.4) is 0 Å². The first-order chi connectivity index (χ1) is 20.0. The van der Waals surface area contributed by atoms with E-state index in [1.165, 1.54) is 26.2 Å². The molecule has 2 saturated heterocycles. The largest absolute Gasteiger partial charge is 0.507 e. The predicted octanol–water partition coefficient (Wildman–Crippen LogP) is -0.862. The minimum atomic E-state index is -1.67. The van der Waals surface area contributed by atoms with Crippen LogP contribution in [0.4, 0.5) is 0 Å². The standard InChI is InChI=1S/C28H34O14/c1-11-21(31)23(33)25(35)27(39-11)38-10-19-22(32)24(34)26(36)28(42-19)40-13-5-3-12(4-6-13)17-9-16(30)20-15(29)7-14(37-2)8-18(20)41-17/h3-8,11,17,19,21-29,31-36H,9-10H2,1-2H3/t11-,17+,19+,21+,22-,23-,24+,25-,26-,27-,28-/m1/s1. The van der Waals surface area contributed by atoms with Gasteiger partial charge in [0.05, 0.1) is 26.2 Å². The number of aliphatic hydroxyl groups excluding tert-OH is 6. The normalized spacial score (nSPS) is 36.6. The maximum atomic E-state index is 12.7. The zero-order chi connectivity index (χ0) is 30.3. The number of ketones is 1. The van der Waals surface area contributed by atoms with Gasteiger partial charge in [-0.2, -0.15) is 0 Å². The number of aromatic hydroxyl groups is 1. The van der Waals surface area contributed by atoms with Crippen LogP contribution in [0.15, 0.2) is 36.4 Å². The van der Waals surface area contributed by atoms with E-state index in [4.69, 9.17) is 28.4 Å². The third-order valence-corrected chi connectivity index (χ3v) is 7.62. The lowest BCUT2D eigenvalue weighted by Crippen LogP contribution is -2.61. The molecular weight excluding hydrogens is 560 g/mol. The quantitative estimate of drug-likeness (QED) is 0.208. The number of ether oxygens (including phenoxy) is 6. The van der Waals surface area contributed by atoms with E-state index in [0.717, 1.165) is 0 Å². The summed E-state index contributed by atoms with van der Waals surface area (Å²) in [6.07, 6.45) is -14.8. The lowest BCUT2D eigenvalue weighted by atomic mass is 9.95. The van der Waals surface area contributed by atoms with E-state index >= 15 is 0 Å². The molecule has 11 atom stereocenters. The highest BCUT2D eigenvalue weighted by molar-refractivity contribution is 6.02. The SMILES string of the molecule is COc1cc(O)c2c(c1)O[C@H](c1ccc(O[C@@H]3O[C@@H](CO[C@@H]4O[C@H](C)[C@H](O)[C@@H](O)[C@H]4O)[C@@H](O)[C@H](O)[C@H]3O)cc1)CC2=O. The Bertz CT molecular complexity index is 1250. The highest BCUT2D eigenvalue weighted by atomic mass is 16.7. The number of phenolic OH excluding ortho intramolecular Hbond substituents is 1. The molecule has 0 unspecified atom stereocenters. The Hall–Kier alpha value is -3.05. The van der Waals surface area contributed by atoms with E-state index in [-0.39, 0.29) is 35.0 Å². The summed E-state index contributed by atoms with van der Waals surface area (Å²) in [5.41, 5.74) is 0.714. The number of fused-ring (bicyclic) bond motifs is 1. The summed E-state index contributed by atoms with van der Waals surface area (Å²) in [5.74, 6) is 0.225. The Balaban J connectivity index is 1.23. The van der Waals surface area contributed by atoms with Gasteiger partial charge in [-0.3, -0.25) is 4.79 Å².